The fraction of sp³-hybridized carbons (Fsp3) is 0.400. The van der Waals surface area contributed by atoms with E-state index >= 15 is 0 Å². The van der Waals surface area contributed by atoms with Crippen molar-refractivity contribution >= 4 is 33.1 Å². The first-order valence-corrected chi connectivity index (χ1v) is 11.3. The molecule has 0 aliphatic carbocycles. The average Bonchev–Trinajstić information content (AvgIpc) is 3.09. The van der Waals surface area contributed by atoms with Gasteiger partial charge in [0.15, 0.2) is 5.60 Å². The molecule has 2 aromatic rings. The fourth-order valence-electron chi connectivity index (χ4n) is 4.43. The molecule has 12 heteroatoms. The van der Waals surface area contributed by atoms with Crippen molar-refractivity contribution < 1.29 is 37.0 Å². The van der Waals surface area contributed by atoms with Gasteiger partial charge in [0.25, 0.3) is 5.79 Å². The average molecular weight is 487 g/mol. The molecule has 174 valence electrons. The Bertz CT molecular complexity index is 1190. The van der Waals surface area contributed by atoms with E-state index < -0.39 is 32.8 Å². The Morgan fingerprint density at radius 1 is 1.12 bits per heavy atom. The highest BCUT2D eigenvalue weighted by Gasteiger charge is 2.73. The zero-order chi connectivity index (χ0) is 23.7. The number of hydrogen-bond acceptors (Lipinski definition) is 9. The van der Waals surface area contributed by atoms with E-state index in [1.807, 2.05) is 0 Å². The highest BCUT2D eigenvalue weighted by atomic mass is 35.5. The molecular formula is C20H23ClN2O8S. The Hall–Kier alpha value is -2.28. The molecule has 10 nitrogen and oxygen atoms in total. The van der Waals surface area contributed by atoms with Crippen LogP contribution in [0.4, 0.5) is 11.4 Å². The van der Waals surface area contributed by atoms with Crippen LogP contribution < -0.4 is 20.1 Å². The molecule has 0 bridgehead atoms. The molecule has 0 saturated carbocycles. The molecule has 0 aromatic heterocycles. The number of nitrogens with two attached hydrogens (primary N) is 1. The first kappa shape index (κ1) is 22.9. The van der Waals surface area contributed by atoms with Crippen molar-refractivity contribution in [3.63, 3.8) is 0 Å². The van der Waals surface area contributed by atoms with Crippen LogP contribution in [0.2, 0.25) is 5.02 Å². The minimum absolute atomic E-state index is 0.0849. The maximum absolute atomic E-state index is 12.5. The number of hydrogen-bond donors (Lipinski definition) is 3. The molecule has 3 atom stereocenters. The number of rotatable bonds is 4. The van der Waals surface area contributed by atoms with E-state index in [1.54, 1.807) is 26.0 Å². The standard InChI is InChI=1S/C20H23ClN2O8S/c1-18(2)20(24,29-4)19(28-3,13-10-12(22)6-8-15(13)31-18)23-14-9-11(21)5-7-16(14)30-17(23)32(25,26)27/h5-10,17,24H,22H2,1-4H3,(H,25,26,27). The minimum Gasteiger partial charge on any atom is -0.482 e. The van der Waals surface area contributed by atoms with Crippen molar-refractivity contribution in [1.29, 1.82) is 0 Å². The van der Waals surface area contributed by atoms with E-state index in [0.717, 1.165) is 4.90 Å². The highest BCUT2D eigenvalue weighted by Crippen LogP contribution is 2.59. The number of anilines is 2. The molecule has 2 heterocycles. The van der Waals surface area contributed by atoms with Gasteiger partial charge < -0.3 is 29.8 Å². The number of ether oxygens (including phenoxy) is 4. The van der Waals surface area contributed by atoms with Crippen LogP contribution in [0.1, 0.15) is 19.4 Å². The zero-order valence-corrected chi connectivity index (χ0v) is 19.3. The first-order valence-electron chi connectivity index (χ1n) is 9.46. The minimum atomic E-state index is -4.90. The number of methoxy groups -OCH3 is 2. The van der Waals surface area contributed by atoms with Crippen LogP contribution in [-0.4, -0.2) is 49.2 Å². The van der Waals surface area contributed by atoms with Crippen LogP contribution >= 0.6 is 11.6 Å². The summed E-state index contributed by atoms with van der Waals surface area (Å²) >= 11 is 6.19. The van der Waals surface area contributed by atoms with Crippen LogP contribution in [-0.2, 0) is 25.3 Å². The van der Waals surface area contributed by atoms with Gasteiger partial charge in [-0.15, -0.1) is 0 Å². The van der Waals surface area contributed by atoms with Gasteiger partial charge in [-0.3, -0.25) is 9.45 Å². The summed E-state index contributed by atoms with van der Waals surface area (Å²) in [5.41, 5.74) is 0.934. The largest absolute Gasteiger partial charge is 0.482 e. The van der Waals surface area contributed by atoms with Gasteiger partial charge in [0.2, 0.25) is 5.72 Å². The summed E-state index contributed by atoms with van der Waals surface area (Å²) in [6.07, 6.45) is 0. The third-order valence-electron chi connectivity index (χ3n) is 5.81. The highest BCUT2D eigenvalue weighted by molar-refractivity contribution is 7.86. The second kappa shape index (κ2) is 7.11. The Morgan fingerprint density at radius 2 is 1.78 bits per heavy atom. The summed E-state index contributed by atoms with van der Waals surface area (Å²) in [5.74, 6) is -2.02. The summed E-state index contributed by atoms with van der Waals surface area (Å²) in [4.78, 5) is 1.07. The van der Waals surface area contributed by atoms with Gasteiger partial charge in [-0.05, 0) is 50.2 Å². The van der Waals surface area contributed by atoms with Crippen molar-refractivity contribution in [3.05, 3.63) is 47.0 Å². The lowest BCUT2D eigenvalue weighted by Crippen LogP contribution is -2.77. The number of aliphatic hydroxyl groups is 1. The van der Waals surface area contributed by atoms with Gasteiger partial charge in [-0.2, -0.15) is 8.42 Å². The topological polar surface area (TPSA) is 141 Å². The van der Waals surface area contributed by atoms with E-state index in [2.05, 4.69) is 0 Å². The number of fused-ring (bicyclic) bond motifs is 2. The summed E-state index contributed by atoms with van der Waals surface area (Å²) in [6, 6.07) is 8.96. The smallest absolute Gasteiger partial charge is 0.324 e. The van der Waals surface area contributed by atoms with Crippen molar-refractivity contribution in [2.24, 2.45) is 0 Å². The van der Waals surface area contributed by atoms with Crippen molar-refractivity contribution in [3.8, 4) is 11.5 Å². The first-order chi connectivity index (χ1) is 14.8. The lowest BCUT2D eigenvalue weighted by atomic mass is 9.78. The SMILES string of the molecule is COC1(N2c3cc(Cl)ccc3OC2S(=O)(=O)O)c2cc(N)ccc2OC(C)(C)C1(O)OC. The maximum Gasteiger partial charge on any atom is 0.324 e. The van der Waals surface area contributed by atoms with Crippen LogP contribution in [0.15, 0.2) is 36.4 Å². The van der Waals surface area contributed by atoms with Gasteiger partial charge in [-0.25, -0.2) is 0 Å². The van der Waals surface area contributed by atoms with Gasteiger partial charge in [0, 0.05) is 24.9 Å². The van der Waals surface area contributed by atoms with E-state index in [0.29, 0.717) is 0 Å². The quantitative estimate of drug-likeness (QED) is 0.335. The second-order valence-corrected chi connectivity index (χ2v) is 9.86. The third-order valence-corrected chi connectivity index (χ3v) is 6.86. The molecule has 2 aliphatic heterocycles. The second-order valence-electron chi connectivity index (χ2n) is 7.99. The van der Waals surface area contributed by atoms with Gasteiger partial charge in [-0.1, -0.05) is 11.6 Å². The molecule has 3 unspecified atom stereocenters. The lowest BCUT2D eigenvalue weighted by Gasteiger charge is -2.58. The Labute approximate surface area is 190 Å². The summed E-state index contributed by atoms with van der Waals surface area (Å²) in [7, 11) is -2.43. The molecule has 32 heavy (non-hydrogen) atoms. The van der Waals surface area contributed by atoms with E-state index in [1.165, 1.54) is 38.5 Å². The van der Waals surface area contributed by atoms with Crippen molar-refractivity contribution in [1.82, 2.24) is 0 Å². The molecule has 4 N–H and O–H groups in total. The van der Waals surface area contributed by atoms with Crippen LogP contribution in [0.5, 0.6) is 11.5 Å². The molecule has 0 fully saturated rings. The number of halogens is 1. The Morgan fingerprint density at radius 3 is 2.38 bits per heavy atom. The van der Waals surface area contributed by atoms with Crippen LogP contribution in [0.25, 0.3) is 0 Å². The van der Waals surface area contributed by atoms with Gasteiger partial charge in [0.05, 0.1) is 11.3 Å². The van der Waals surface area contributed by atoms with E-state index in [-0.39, 0.29) is 33.5 Å². The van der Waals surface area contributed by atoms with Crippen molar-refractivity contribution in [2.75, 3.05) is 24.9 Å². The molecule has 2 aliphatic rings. The summed E-state index contributed by atoms with van der Waals surface area (Å²) in [6.45, 7) is 3.09. The van der Waals surface area contributed by atoms with Crippen LogP contribution in [0.3, 0.4) is 0 Å². The normalized spacial score (nSPS) is 28.5. The Kier molecular flexibility index (Phi) is 5.09. The van der Waals surface area contributed by atoms with Gasteiger partial charge in [0.1, 0.15) is 11.5 Å². The predicted octanol–water partition coefficient (Wildman–Crippen LogP) is 2.30. The molecule has 0 radical (unpaired) electrons. The van der Waals surface area contributed by atoms with E-state index in [4.69, 9.17) is 36.3 Å². The van der Waals surface area contributed by atoms with E-state index in [9.17, 15) is 18.1 Å². The summed E-state index contributed by atoms with van der Waals surface area (Å²) in [5, 5.41) is 12.2. The molecule has 4 rings (SSSR count). The van der Waals surface area contributed by atoms with Crippen LogP contribution in [0, 0.1) is 0 Å². The third kappa shape index (κ3) is 2.89. The molecule has 0 spiro atoms. The monoisotopic (exact) mass is 486 g/mol. The van der Waals surface area contributed by atoms with Gasteiger partial charge >= 0.3 is 15.7 Å². The lowest BCUT2D eigenvalue weighted by molar-refractivity contribution is -0.368. The number of benzene rings is 2. The van der Waals surface area contributed by atoms with Crippen molar-refractivity contribution in [2.45, 2.75) is 36.5 Å². The predicted molar refractivity (Wildman–Crippen MR) is 116 cm³/mol. The fourth-order valence-corrected chi connectivity index (χ4v) is 5.35. The molecular weight excluding hydrogens is 464 g/mol. The molecule has 2 aromatic carbocycles. The molecule has 0 amide bonds. The molecule has 0 saturated heterocycles. The number of nitrogen functional groups attached to an aromatic ring is 1. The maximum atomic E-state index is 12.5. The number of nitrogens with zero attached hydrogens (tertiary/aromatic N) is 1. The zero-order valence-electron chi connectivity index (χ0n) is 17.7. The summed E-state index contributed by atoms with van der Waals surface area (Å²) < 4.78 is 58.1. The Balaban J connectivity index is 2.16.